The van der Waals surface area contributed by atoms with Gasteiger partial charge in [-0.1, -0.05) is 53.0 Å². The highest BCUT2D eigenvalue weighted by Gasteiger charge is 2.32. The lowest BCUT2D eigenvalue weighted by molar-refractivity contribution is -0.139. The number of hydrogen-bond acceptors (Lipinski definition) is 4. The zero-order valence-corrected chi connectivity index (χ0v) is 22.4. The van der Waals surface area contributed by atoms with Gasteiger partial charge in [0.2, 0.25) is 11.8 Å². The smallest absolute Gasteiger partial charge is 0.264 e. The van der Waals surface area contributed by atoms with Crippen LogP contribution in [-0.4, -0.2) is 44.8 Å². The highest BCUT2D eigenvalue weighted by molar-refractivity contribution is 7.92. The summed E-state index contributed by atoms with van der Waals surface area (Å²) in [6.45, 7) is 2.97. The molecule has 0 saturated carbocycles. The van der Waals surface area contributed by atoms with Gasteiger partial charge in [0.05, 0.1) is 10.6 Å². The maximum atomic E-state index is 13.7. The van der Waals surface area contributed by atoms with Crippen LogP contribution in [0.25, 0.3) is 0 Å². The third-order valence-electron chi connectivity index (χ3n) is 5.66. The van der Waals surface area contributed by atoms with E-state index >= 15 is 0 Å². The molecule has 3 aromatic rings. The molecule has 0 bridgehead atoms. The Balaban J connectivity index is 2.02. The Morgan fingerprint density at radius 2 is 1.58 bits per heavy atom. The number of nitrogens with one attached hydrogen (secondary N) is 1. The number of carbonyl (C=O) groups is 2. The number of benzene rings is 3. The Morgan fingerprint density at radius 1 is 0.944 bits per heavy atom. The summed E-state index contributed by atoms with van der Waals surface area (Å²) in [5.41, 5.74) is 1.87. The van der Waals surface area contributed by atoms with E-state index in [4.69, 9.17) is 23.2 Å². The zero-order chi connectivity index (χ0) is 26.5. The molecule has 2 amide bonds. The molecule has 10 heteroatoms. The number of anilines is 1. The van der Waals surface area contributed by atoms with Crippen LogP contribution in [0.4, 0.5) is 5.69 Å². The maximum absolute atomic E-state index is 13.7. The molecule has 7 nitrogen and oxygen atoms in total. The molecule has 0 spiro atoms. The van der Waals surface area contributed by atoms with E-state index in [0.717, 1.165) is 9.87 Å². The van der Waals surface area contributed by atoms with Crippen molar-refractivity contribution in [3.63, 3.8) is 0 Å². The number of sulfonamides is 1. The summed E-state index contributed by atoms with van der Waals surface area (Å²) in [7, 11) is -2.65. The maximum Gasteiger partial charge on any atom is 0.264 e. The number of likely N-dealkylation sites (N-methyl/N-ethyl adjacent to an activating group) is 1. The first-order valence-electron chi connectivity index (χ1n) is 11.1. The van der Waals surface area contributed by atoms with Crippen molar-refractivity contribution < 1.29 is 18.0 Å². The van der Waals surface area contributed by atoms with Crippen molar-refractivity contribution in [3.8, 4) is 0 Å². The third-order valence-corrected chi connectivity index (χ3v) is 7.93. The van der Waals surface area contributed by atoms with E-state index < -0.39 is 28.5 Å². The molecule has 0 aliphatic rings. The Morgan fingerprint density at radius 3 is 2.17 bits per heavy atom. The van der Waals surface area contributed by atoms with E-state index in [-0.39, 0.29) is 23.0 Å². The molecule has 1 atom stereocenters. The fraction of sp³-hybridized carbons (Fsp3) is 0.231. The van der Waals surface area contributed by atoms with Gasteiger partial charge in [0.25, 0.3) is 10.0 Å². The molecule has 0 unspecified atom stereocenters. The summed E-state index contributed by atoms with van der Waals surface area (Å²) in [5, 5.41) is 3.45. The number of amides is 2. The highest BCUT2D eigenvalue weighted by atomic mass is 35.5. The zero-order valence-electron chi connectivity index (χ0n) is 20.1. The standard InChI is InChI=1S/C26H27Cl2N3O4S/c1-18-7-13-24(14-8-18)36(34,35)31(23-11-9-21(27)10-12-23)17-25(32)30(19(2)26(33)29-3)16-20-5-4-6-22(28)15-20/h4-15,19H,16-17H2,1-3H3,(H,29,33)/t19-/m1/s1. The molecule has 0 aliphatic heterocycles. The van der Waals surface area contributed by atoms with E-state index in [1.165, 1.54) is 36.2 Å². The number of nitrogens with zero attached hydrogens (tertiary/aromatic N) is 2. The van der Waals surface area contributed by atoms with Crippen LogP contribution >= 0.6 is 23.2 Å². The van der Waals surface area contributed by atoms with Gasteiger partial charge in [-0.3, -0.25) is 13.9 Å². The van der Waals surface area contributed by atoms with Crippen molar-refractivity contribution >= 4 is 50.7 Å². The molecular formula is C26H27Cl2N3O4S. The summed E-state index contributed by atoms with van der Waals surface area (Å²) in [6.07, 6.45) is 0. The van der Waals surface area contributed by atoms with Gasteiger partial charge in [0.15, 0.2) is 0 Å². The van der Waals surface area contributed by atoms with E-state index in [0.29, 0.717) is 15.6 Å². The Hall–Kier alpha value is -3.07. The first kappa shape index (κ1) is 27.5. The van der Waals surface area contributed by atoms with Crippen molar-refractivity contribution in [1.82, 2.24) is 10.2 Å². The minimum Gasteiger partial charge on any atom is -0.357 e. The summed E-state index contributed by atoms with van der Waals surface area (Å²) in [5.74, 6) is -0.943. The second kappa shape index (κ2) is 11.8. The average Bonchev–Trinajstić information content (AvgIpc) is 2.85. The monoisotopic (exact) mass is 547 g/mol. The van der Waals surface area contributed by atoms with Crippen molar-refractivity contribution in [3.05, 3.63) is 94.0 Å². The summed E-state index contributed by atoms with van der Waals surface area (Å²) < 4.78 is 28.4. The predicted molar refractivity (Wildman–Crippen MR) is 143 cm³/mol. The summed E-state index contributed by atoms with van der Waals surface area (Å²) >= 11 is 12.1. The van der Waals surface area contributed by atoms with Crippen LogP contribution in [0.2, 0.25) is 10.0 Å². The van der Waals surface area contributed by atoms with Gasteiger partial charge in [0.1, 0.15) is 12.6 Å². The average molecular weight is 548 g/mol. The van der Waals surface area contributed by atoms with Crippen molar-refractivity contribution in [2.45, 2.75) is 31.3 Å². The fourth-order valence-electron chi connectivity index (χ4n) is 3.60. The molecule has 0 heterocycles. The van der Waals surface area contributed by atoms with Crippen LogP contribution in [0.15, 0.2) is 77.7 Å². The number of aryl methyl sites for hydroxylation is 1. The second-order valence-electron chi connectivity index (χ2n) is 8.24. The highest BCUT2D eigenvalue weighted by Crippen LogP contribution is 2.26. The number of carbonyl (C=O) groups excluding carboxylic acids is 2. The van der Waals surface area contributed by atoms with Crippen molar-refractivity contribution in [1.29, 1.82) is 0 Å². The first-order chi connectivity index (χ1) is 17.0. The van der Waals surface area contributed by atoms with E-state index in [1.54, 1.807) is 55.5 Å². The third kappa shape index (κ3) is 6.57. The van der Waals surface area contributed by atoms with Crippen LogP contribution in [0.3, 0.4) is 0 Å². The fourth-order valence-corrected chi connectivity index (χ4v) is 5.35. The minimum atomic E-state index is -4.12. The molecule has 3 aromatic carbocycles. The van der Waals surface area contributed by atoms with Gasteiger partial charge < -0.3 is 10.2 Å². The van der Waals surface area contributed by atoms with Crippen LogP contribution in [0.5, 0.6) is 0 Å². The molecule has 0 radical (unpaired) electrons. The Kier molecular flexibility index (Phi) is 9.00. The van der Waals surface area contributed by atoms with E-state index in [1.807, 2.05) is 6.92 Å². The minimum absolute atomic E-state index is 0.0385. The molecular weight excluding hydrogens is 521 g/mol. The summed E-state index contributed by atoms with van der Waals surface area (Å²) in [4.78, 5) is 27.5. The first-order valence-corrected chi connectivity index (χ1v) is 13.3. The second-order valence-corrected chi connectivity index (χ2v) is 11.0. The number of halogens is 2. The van der Waals surface area contributed by atoms with E-state index in [2.05, 4.69) is 5.32 Å². The lowest BCUT2D eigenvalue weighted by atomic mass is 10.1. The topological polar surface area (TPSA) is 86.8 Å². The number of hydrogen-bond donors (Lipinski definition) is 1. The Labute approximate surface area is 221 Å². The van der Waals surface area contributed by atoms with Crippen LogP contribution in [-0.2, 0) is 26.2 Å². The van der Waals surface area contributed by atoms with Gasteiger partial charge in [0, 0.05) is 23.6 Å². The van der Waals surface area contributed by atoms with Gasteiger partial charge in [-0.25, -0.2) is 8.42 Å². The number of rotatable bonds is 9. The van der Waals surface area contributed by atoms with Crippen LogP contribution in [0.1, 0.15) is 18.1 Å². The van der Waals surface area contributed by atoms with Crippen LogP contribution in [0, 0.1) is 6.92 Å². The van der Waals surface area contributed by atoms with E-state index in [9.17, 15) is 18.0 Å². The van der Waals surface area contributed by atoms with Gasteiger partial charge in [-0.05, 0) is 67.9 Å². The lowest BCUT2D eigenvalue weighted by Gasteiger charge is -2.31. The van der Waals surface area contributed by atoms with Crippen LogP contribution < -0.4 is 9.62 Å². The largest absolute Gasteiger partial charge is 0.357 e. The molecule has 0 fully saturated rings. The molecule has 1 N–H and O–H groups in total. The molecule has 36 heavy (non-hydrogen) atoms. The predicted octanol–water partition coefficient (Wildman–Crippen LogP) is 4.66. The quantitative estimate of drug-likeness (QED) is 0.422. The molecule has 0 aliphatic carbocycles. The van der Waals surface area contributed by atoms with Gasteiger partial charge >= 0.3 is 0 Å². The SMILES string of the molecule is CNC(=O)[C@@H](C)N(Cc1cccc(Cl)c1)C(=O)CN(c1ccc(Cl)cc1)S(=O)(=O)c1ccc(C)cc1. The summed E-state index contributed by atoms with van der Waals surface area (Å²) in [6, 6.07) is 18.6. The van der Waals surface area contributed by atoms with Crippen molar-refractivity contribution in [2.24, 2.45) is 0 Å². The molecule has 3 rings (SSSR count). The van der Waals surface area contributed by atoms with Crippen molar-refractivity contribution in [2.75, 3.05) is 17.9 Å². The molecule has 0 aromatic heterocycles. The van der Waals surface area contributed by atoms with Gasteiger partial charge in [-0.15, -0.1) is 0 Å². The lowest BCUT2D eigenvalue weighted by Crippen LogP contribution is -2.50. The Bertz CT molecular complexity index is 1330. The molecule has 190 valence electrons. The molecule has 0 saturated heterocycles. The normalized spacial score (nSPS) is 12.0. The van der Waals surface area contributed by atoms with Gasteiger partial charge in [-0.2, -0.15) is 0 Å².